The summed E-state index contributed by atoms with van der Waals surface area (Å²) in [5.74, 6) is -0.0187. The van der Waals surface area contributed by atoms with Crippen LogP contribution in [0.2, 0.25) is 0 Å². The molecular weight excluding hydrogens is 398 g/mol. The average molecular weight is 423 g/mol. The monoisotopic (exact) mass is 423 g/mol. The zero-order valence-electron chi connectivity index (χ0n) is 17.8. The number of methoxy groups -OCH3 is 1. The summed E-state index contributed by atoms with van der Waals surface area (Å²) in [5.41, 5.74) is 1.12. The Morgan fingerprint density at radius 2 is 1.94 bits per heavy atom. The number of phenols is 1. The second-order valence-electron chi connectivity index (χ2n) is 7.78. The number of para-hydroxylation sites is 1. The summed E-state index contributed by atoms with van der Waals surface area (Å²) < 4.78 is 16.8. The molecule has 1 aromatic heterocycles. The number of carbonyl (C=O) groups is 1. The van der Waals surface area contributed by atoms with E-state index in [1.54, 1.807) is 41.3 Å². The Morgan fingerprint density at radius 1 is 1.16 bits per heavy atom. The Kier molecular flexibility index (Phi) is 5.69. The largest absolute Gasteiger partial charge is 0.504 e. The normalized spacial score (nSPS) is 15.7. The predicted molar refractivity (Wildman–Crippen MR) is 116 cm³/mol. The maximum Gasteiger partial charge on any atom is 0.290 e. The molecule has 2 aromatic carbocycles. The van der Waals surface area contributed by atoms with Gasteiger partial charge in [-0.15, -0.1) is 0 Å². The van der Waals surface area contributed by atoms with Crippen molar-refractivity contribution in [2.45, 2.75) is 32.4 Å². The fourth-order valence-corrected chi connectivity index (χ4v) is 3.96. The van der Waals surface area contributed by atoms with Crippen LogP contribution in [0.15, 0.2) is 51.7 Å². The van der Waals surface area contributed by atoms with E-state index in [9.17, 15) is 14.7 Å². The van der Waals surface area contributed by atoms with Crippen molar-refractivity contribution in [3.8, 4) is 11.5 Å². The van der Waals surface area contributed by atoms with Crippen molar-refractivity contribution in [3.05, 3.63) is 69.6 Å². The Hall–Kier alpha value is -3.32. The van der Waals surface area contributed by atoms with E-state index in [0.717, 1.165) is 0 Å². The quantitative estimate of drug-likeness (QED) is 0.581. The van der Waals surface area contributed by atoms with Gasteiger partial charge in [0.25, 0.3) is 5.91 Å². The first-order valence-corrected chi connectivity index (χ1v) is 10.3. The minimum Gasteiger partial charge on any atom is -0.504 e. The number of carbonyl (C=O) groups excluding carboxylic acids is 1. The maximum absolute atomic E-state index is 13.4. The maximum atomic E-state index is 13.4. The van der Waals surface area contributed by atoms with Crippen molar-refractivity contribution >= 4 is 16.9 Å². The van der Waals surface area contributed by atoms with Crippen LogP contribution in [0.3, 0.4) is 0 Å². The average Bonchev–Trinajstić information content (AvgIpc) is 3.04. The van der Waals surface area contributed by atoms with Gasteiger partial charge >= 0.3 is 0 Å². The predicted octanol–water partition coefficient (Wildman–Crippen LogP) is 3.87. The van der Waals surface area contributed by atoms with Crippen LogP contribution < -0.4 is 10.2 Å². The number of hydrogen-bond acceptors (Lipinski definition) is 6. The van der Waals surface area contributed by atoms with Gasteiger partial charge < -0.3 is 23.9 Å². The standard InChI is InChI=1S/C24H25NO6/c1-14(2)30-12-6-11-25-21(15-9-10-17(26)19(13-15)29-3)20-22(27)16-7-4-5-8-18(16)31-23(20)24(25)28/h4-5,7-10,13-14,21,26H,6,11-12H2,1-3H3. The molecule has 1 atom stereocenters. The third kappa shape index (κ3) is 3.77. The highest BCUT2D eigenvalue weighted by molar-refractivity contribution is 5.99. The molecule has 2 heterocycles. The van der Waals surface area contributed by atoms with Crippen molar-refractivity contribution in [1.29, 1.82) is 0 Å². The highest BCUT2D eigenvalue weighted by atomic mass is 16.5. The van der Waals surface area contributed by atoms with E-state index in [1.165, 1.54) is 13.2 Å². The zero-order valence-corrected chi connectivity index (χ0v) is 17.8. The molecule has 0 radical (unpaired) electrons. The van der Waals surface area contributed by atoms with E-state index in [2.05, 4.69) is 0 Å². The molecular formula is C24H25NO6. The van der Waals surface area contributed by atoms with Gasteiger partial charge in [-0.05, 0) is 50.1 Å². The van der Waals surface area contributed by atoms with Gasteiger partial charge in [0, 0.05) is 13.2 Å². The summed E-state index contributed by atoms with van der Waals surface area (Å²) in [4.78, 5) is 28.3. The number of nitrogens with zero attached hydrogens (tertiary/aromatic N) is 1. The van der Waals surface area contributed by atoms with Crippen molar-refractivity contribution in [2.75, 3.05) is 20.3 Å². The molecule has 162 valence electrons. The number of fused-ring (bicyclic) bond motifs is 2. The number of benzene rings is 2. The summed E-state index contributed by atoms with van der Waals surface area (Å²) >= 11 is 0. The van der Waals surface area contributed by atoms with Gasteiger partial charge in [0.2, 0.25) is 5.76 Å². The molecule has 0 aliphatic carbocycles. The van der Waals surface area contributed by atoms with Crippen LogP contribution in [0.5, 0.6) is 11.5 Å². The molecule has 1 unspecified atom stereocenters. The lowest BCUT2D eigenvalue weighted by molar-refractivity contribution is 0.0593. The van der Waals surface area contributed by atoms with Crippen LogP contribution in [-0.2, 0) is 4.74 Å². The third-order valence-corrected chi connectivity index (χ3v) is 5.39. The number of hydrogen-bond donors (Lipinski definition) is 1. The van der Waals surface area contributed by atoms with Crippen LogP contribution in [-0.4, -0.2) is 42.3 Å². The van der Waals surface area contributed by atoms with Crippen LogP contribution in [0.1, 0.15) is 48.0 Å². The van der Waals surface area contributed by atoms with E-state index >= 15 is 0 Å². The smallest absolute Gasteiger partial charge is 0.290 e. The van der Waals surface area contributed by atoms with Crippen LogP contribution in [0, 0.1) is 0 Å². The van der Waals surface area contributed by atoms with Crippen molar-refractivity contribution in [2.24, 2.45) is 0 Å². The number of aromatic hydroxyl groups is 1. The lowest BCUT2D eigenvalue weighted by atomic mass is 9.98. The topological polar surface area (TPSA) is 89.2 Å². The van der Waals surface area contributed by atoms with Gasteiger partial charge in [0.1, 0.15) is 5.58 Å². The Labute approximate surface area is 179 Å². The lowest BCUT2D eigenvalue weighted by Gasteiger charge is -2.25. The molecule has 0 spiro atoms. The van der Waals surface area contributed by atoms with E-state index in [1.807, 2.05) is 13.8 Å². The molecule has 1 N–H and O–H groups in total. The summed E-state index contributed by atoms with van der Waals surface area (Å²) in [6.45, 7) is 4.79. The first kappa shape index (κ1) is 20.9. The SMILES string of the molecule is COc1cc(C2c3c(oc4ccccc4c3=O)C(=O)N2CCCOC(C)C)ccc1O. The van der Waals surface area contributed by atoms with Crippen molar-refractivity contribution in [1.82, 2.24) is 4.90 Å². The van der Waals surface area contributed by atoms with Crippen LogP contribution in [0.25, 0.3) is 11.0 Å². The molecule has 31 heavy (non-hydrogen) atoms. The lowest BCUT2D eigenvalue weighted by Crippen LogP contribution is -2.31. The fraction of sp³-hybridized carbons (Fsp3) is 0.333. The number of rotatable bonds is 7. The first-order chi connectivity index (χ1) is 14.9. The summed E-state index contributed by atoms with van der Waals surface area (Å²) in [6, 6.07) is 11.1. The molecule has 0 bridgehead atoms. The molecule has 0 fully saturated rings. The second-order valence-corrected chi connectivity index (χ2v) is 7.78. The van der Waals surface area contributed by atoms with Crippen molar-refractivity contribution in [3.63, 3.8) is 0 Å². The summed E-state index contributed by atoms with van der Waals surface area (Å²) in [7, 11) is 1.45. The van der Waals surface area contributed by atoms with E-state index in [0.29, 0.717) is 41.7 Å². The number of ether oxygens (including phenoxy) is 2. The van der Waals surface area contributed by atoms with Crippen molar-refractivity contribution < 1.29 is 23.8 Å². The molecule has 1 aliphatic rings. The van der Waals surface area contributed by atoms with Gasteiger partial charge in [0.15, 0.2) is 16.9 Å². The van der Waals surface area contributed by atoms with Gasteiger partial charge in [-0.25, -0.2) is 0 Å². The minimum absolute atomic E-state index is 0.0155. The number of amides is 1. The van der Waals surface area contributed by atoms with E-state index < -0.39 is 6.04 Å². The van der Waals surface area contributed by atoms with Gasteiger partial charge in [-0.3, -0.25) is 9.59 Å². The molecule has 0 saturated heterocycles. The highest BCUT2D eigenvalue weighted by Crippen LogP contribution is 2.40. The number of phenolic OH excluding ortho intramolecular Hbond substituents is 1. The molecule has 3 aromatic rings. The molecule has 7 nitrogen and oxygen atoms in total. The fourth-order valence-electron chi connectivity index (χ4n) is 3.96. The highest BCUT2D eigenvalue weighted by Gasteiger charge is 2.42. The second kappa shape index (κ2) is 8.43. The van der Waals surface area contributed by atoms with Gasteiger partial charge in [-0.2, -0.15) is 0 Å². The van der Waals surface area contributed by atoms with Gasteiger partial charge in [-0.1, -0.05) is 18.2 Å². The molecule has 1 aliphatic heterocycles. The molecule has 4 rings (SSSR count). The Balaban J connectivity index is 1.83. The Morgan fingerprint density at radius 3 is 2.68 bits per heavy atom. The first-order valence-electron chi connectivity index (χ1n) is 10.3. The zero-order chi connectivity index (χ0) is 22.1. The van der Waals surface area contributed by atoms with E-state index in [4.69, 9.17) is 13.9 Å². The molecule has 0 saturated carbocycles. The van der Waals surface area contributed by atoms with Crippen LogP contribution in [0.4, 0.5) is 0 Å². The Bertz CT molecular complexity index is 1180. The molecule has 1 amide bonds. The van der Waals surface area contributed by atoms with Crippen LogP contribution >= 0.6 is 0 Å². The summed E-state index contributed by atoms with van der Waals surface area (Å²) in [6.07, 6.45) is 0.703. The minimum atomic E-state index is -0.642. The van der Waals surface area contributed by atoms with E-state index in [-0.39, 0.29) is 34.7 Å². The third-order valence-electron chi connectivity index (χ3n) is 5.39. The molecule has 7 heteroatoms. The summed E-state index contributed by atoms with van der Waals surface area (Å²) in [5, 5.41) is 10.4. The van der Waals surface area contributed by atoms with Gasteiger partial charge in [0.05, 0.1) is 30.2 Å².